The van der Waals surface area contributed by atoms with Gasteiger partial charge >= 0.3 is 0 Å². The molecule has 0 saturated heterocycles. The summed E-state index contributed by atoms with van der Waals surface area (Å²) in [6.07, 6.45) is 2.78. The number of hydrogen-bond donors (Lipinski definition) is 1. The number of rotatable bonds is 4. The number of carbonyl (C=O) groups excluding carboxylic acids is 1. The predicted octanol–water partition coefficient (Wildman–Crippen LogP) is 5.32. The molecule has 0 heterocycles. The van der Waals surface area contributed by atoms with Gasteiger partial charge in [-0.15, -0.1) is 0 Å². The molecular weight excluding hydrogens is 316 g/mol. The van der Waals surface area contributed by atoms with E-state index < -0.39 is 11.2 Å². The molecule has 1 N–H and O–H groups in total. The Morgan fingerprint density at radius 2 is 2.00 bits per heavy atom. The van der Waals surface area contributed by atoms with Crippen LogP contribution < -0.4 is 5.32 Å². The molecule has 2 aliphatic rings. The first-order chi connectivity index (χ1) is 10.8. The smallest absolute Gasteiger partial charge is 0.288 e. The SMILES string of the molecule is C=C1C(C)(C)[C@H]2CC[C@]1(C(=O)Nc1ccc(SC(F)F)cc1)C2. The average Bonchev–Trinajstić information content (AvgIpc) is 3.01. The molecular formula is C18H21F2NOS. The van der Waals surface area contributed by atoms with Crippen LogP contribution >= 0.6 is 11.8 Å². The first kappa shape index (κ1) is 16.5. The van der Waals surface area contributed by atoms with Crippen molar-refractivity contribution in [1.82, 2.24) is 0 Å². The molecule has 0 aliphatic heterocycles. The van der Waals surface area contributed by atoms with Gasteiger partial charge in [-0.05, 0) is 54.9 Å². The molecule has 2 fully saturated rings. The van der Waals surface area contributed by atoms with Crippen LogP contribution in [0, 0.1) is 16.7 Å². The average molecular weight is 337 g/mol. The lowest BCUT2D eigenvalue weighted by atomic mass is 9.68. The molecule has 124 valence electrons. The van der Waals surface area contributed by atoms with E-state index in [-0.39, 0.29) is 11.3 Å². The minimum atomic E-state index is -2.44. The van der Waals surface area contributed by atoms with E-state index in [2.05, 4.69) is 25.7 Å². The molecule has 0 aromatic heterocycles. The van der Waals surface area contributed by atoms with Crippen molar-refractivity contribution in [3.8, 4) is 0 Å². The Hall–Kier alpha value is -1.36. The Morgan fingerprint density at radius 3 is 2.52 bits per heavy atom. The van der Waals surface area contributed by atoms with Gasteiger partial charge in [-0.3, -0.25) is 4.79 Å². The summed E-state index contributed by atoms with van der Waals surface area (Å²) >= 11 is 0.502. The third-order valence-electron chi connectivity index (χ3n) is 5.66. The van der Waals surface area contributed by atoms with Crippen molar-refractivity contribution in [2.45, 2.75) is 43.8 Å². The number of thioether (sulfide) groups is 1. The summed E-state index contributed by atoms with van der Waals surface area (Å²) in [5.41, 5.74) is 1.21. The molecule has 0 radical (unpaired) electrons. The maximum Gasteiger partial charge on any atom is 0.288 e. The zero-order chi connectivity index (χ0) is 16.8. The van der Waals surface area contributed by atoms with Gasteiger partial charge in [-0.1, -0.05) is 37.8 Å². The van der Waals surface area contributed by atoms with Crippen molar-refractivity contribution in [3.05, 3.63) is 36.4 Å². The summed E-state index contributed by atoms with van der Waals surface area (Å²) in [6, 6.07) is 6.56. The van der Waals surface area contributed by atoms with Crippen LogP contribution in [0.3, 0.4) is 0 Å². The maximum absolute atomic E-state index is 12.9. The summed E-state index contributed by atoms with van der Waals surface area (Å²) in [6.45, 7) is 8.57. The molecule has 0 spiro atoms. The monoisotopic (exact) mass is 337 g/mol. The van der Waals surface area contributed by atoms with Crippen molar-refractivity contribution in [1.29, 1.82) is 0 Å². The molecule has 1 aromatic rings. The van der Waals surface area contributed by atoms with E-state index in [9.17, 15) is 13.6 Å². The highest BCUT2D eigenvalue weighted by Gasteiger charge is 2.60. The maximum atomic E-state index is 12.9. The van der Waals surface area contributed by atoms with Gasteiger partial charge in [0.1, 0.15) is 0 Å². The third kappa shape index (κ3) is 2.69. The van der Waals surface area contributed by atoms with E-state index in [0.29, 0.717) is 28.3 Å². The number of halogens is 2. The van der Waals surface area contributed by atoms with Crippen molar-refractivity contribution in [3.63, 3.8) is 0 Å². The second kappa shape index (κ2) is 5.62. The second-order valence-corrected chi connectivity index (χ2v) is 8.14. The van der Waals surface area contributed by atoms with Gasteiger partial charge in [0.05, 0.1) is 5.41 Å². The van der Waals surface area contributed by atoms with Gasteiger partial charge in [0.15, 0.2) is 0 Å². The quantitative estimate of drug-likeness (QED) is 0.595. The molecule has 1 amide bonds. The summed E-state index contributed by atoms with van der Waals surface area (Å²) in [5, 5.41) is 2.95. The number of amides is 1. The van der Waals surface area contributed by atoms with E-state index in [4.69, 9.17) is 0 Å². The van der Waals surface area contributed by atoms with Gasteiger partial charge in [0, 0.05) is 10.6 Å². The number of carbonyl (C=O) groups is 1. The van der Waals surface area contributed by atoms with E-state index in [1.54, 1.807) is 24.3 Å². The Balaban J connectivity index is 1.74. The van der Waals surface area contributed by atoms with E-state index in [0.717, 1.165) is 24.8 Å². The van der Waals surface area contributed by atoms with Gasteiger partial charge in [-0.25, -0.2) is 0 Å². The number of benzene rings is 1. The molecule has 0 unspecified atom stereocenters. The fourth-order valence-corrected chi connectivity index (χ4v) is 4.61. The summed E-state index contributed by atoms with van der Waals surface area (Å²) < 4.78 is 24.7. The second-order valence-electron chi connectivity index (χ2n) is 7.08. The van der Waals surface area contributed by atoms with E-state index in [1.807, 2.05) is 0 Å². The Kier molecular flexibility index (Phi) is 4.03. The van der Waals surface area contributed by atoms with Crippen LogP contribution in [-0.2, 0) is 4.79 Å². The fourth-order valence-electron chi connectivity index (χ4n) is 4.11. The zero-order valence-corrected chi connectivity index (χ0v) is 14.2. The molecule has 2 nitrogen and oxygen atoms in total. The Bertz CT molecular complexity index is 641. The standard InChI is InChI=1S/C18H21F2NOS/c1-11-17(2,3)12-8-9-18(11,10-12)15(22)21-13-4-6-14(7-5-13)23-16(19)20/h4-7,12,16H,1,8-10H2,2-3H3,(H,21,22)/t12-,18-/m0/s1. The Labute approximate surface area is 139 Å². The largest absolute Gasteiger partial charge is 0.325 e. The molecule has 2 atom stereocenters. The first-order valence-corrected chi connectivity index (χ1v) is 8.70. The fraction of sp³-hybridized carbons (Fsp3) is 0.500. The van der Waals surface area contributed by atoms with Crippen molar-refractivity contribution >= 4 is 23.4 Å². The molecule has 23 heavy (non-hydrogen) atoms. The number of hydrogen-bond acceptors (Lipinski definition) is 2. The zero-order valence-electron chi connectivity index (χ0n) is 13.4. The molecule has 2 saturated carbocycles. The van der Waals surface area contributed by atoms with Crippen LogP contribution in [0.25, 0.3) is 0 Å². The summed E-state index contributed by atoms with van der Waals surface area (Å²) in [7, 11) is 0. The van der Waals surface area contributed by atoms with Crippen LogP contribution in [-0.4, -0.2) is 11.7 Å². The molecule has 2 aliphatic carbocycles. The van der Waals surface area contributed by atoms with E-state index >= 15 is 0 Å². The number of nitrogens with one attached hydrogen (secondary N) is 1. The third-order valence-corrected chi connectivity index (χ3v) is 6.39. The number of alkyl halides is 2. The normalized spacial score (nSPS) is 28.4. The van der Waals surface area contributed by atoms with Crippen molar-refractivity contribution < 1.29 is 13.6 Å². The highest BCUT2D eigenvalue weighted by atomic mass is 32.2. The summed E-state index contributed by atoms with van der Waals surface area (Å²) in [5.74, 6) is -1.93. The molecule has 2 bridgehead atoms. The van der Waals surface area contributed by atoms with Gasteiger partial charge in [-0.2, -0.15) is 8.78 Å². The minimum absolute atomic E-state index is 0.00729. The minimum Gasteiger partial charge on any atom is -0.325 e. The number of fused-ring (bicyclic) bond motifs is 2. The highest BCUT2D eigenvalue weighted by Crippen LogP contribution is 2.65. The lowest BCUT2D eigenvalue weighted by Gasteiger charge is -2.37. The van der Waals surface area contributed by atoms with Gasteiger partial charge in [0.25, 0.3) is 5.76 Å². The van der Waals surface area contributed by atoms with Crippen LogP contribution in [0.1, 0.15) is 33.1 Å². The predicted molar refractivity (Wildman–Crippen MR) is 89.6 cm³/mol. The highest BCUT2D eigenvalue weighted by molar-refractivity contribution is 7.99. The van der Waals surface area contributed by atoms with Crippen molar-refractivity contribution in [2.24, 2.45) is 16.7 Å². The van der Waals surface area contributed by atoms with Gasteiger partial charge < -0.3 is 5.32 Å². The first-order valence-electron chi connectivity index (χ1n) is 7.82. The Morgan fingerprint density at radius 1 is 1.35 bits per heavy atom. The molecule has 5 heteroatoms. The molecule has 3 rings (SSSR count). The lowest BCUT2D eigenvalue weighted by Crippen LogP contribution is -2.37. The van der Waals surface area contributed by atoms with Crippen LogP contribution in [0.2, 0.25) is 0 Å². The van der Waals surface area contributed by atoms with Crippen LogP contribution in [0.15, 0.2) is 41.3 Å². The van der Waals surface area contributed by atoms with Crippen molar-refractivity contribution in [2.75, 3.05) is 5.32 Å². The van der Waals surface area contributed by atoms with Crippen LogP contribution in [0.5, 0.6) is 0 Å². The summed E-state index contributed by atoms with van der Waals surface area (Å²) in [4.78, 5) is 13.3. The number of anilines is 1. The van der Waals surface area contributed by atoms with E-state index in [1.165, 1.54) is 0 Å². The van der Waals surface area contributed by atoms with Crippen LogP contribution in [0.4, 0.5) is 14.5 Å². The topological polar surface area (TPSA) is 29.1 Å². The molecule has 1 aromatic carbocycles. The lowest BCUT2D eigenvalue weighted by molar-refractivity contribution is -0.123. The van der Waals surface area contributed by atoms with Gasteiger partial charge in [0.2, 0.25) is 5.91 Å².